The van der Waals surface area contributed by atoms with Crippen molar-refractivity contribution in [3.8, 4) is 0 Å². The van der Waals surface area contributed by atoms with Crippen molar-refractivity contribution in [1.82, 2.24) is 10.2 Å². The van der Waals surface area contributed by atoms with Crippen LogP contribution in [-0.2, 0) is 16.1 Å². The van der Waals surface area contributed by atoms with Crippen LogP contribution in [0.1, 0.15) is 5.76 Å². The van der Waals surface area contributed by atoms with Gasteiger partial charge >= 0.3 is 5.97 Å². The molecule has 17 heavy (non-hydrogen) atoms. The summed E-state index contributed by atoms with van der Waals surface area (Å²) >= 11 is 3.17. The lowest BCUT2D eigenvalue weighted by atomic mass is 10.2. The molecule has 1 fully saturated rings. The topological polar surface area (TPSA) is 82.8 Å². The number of piperazine rings is 1. The van der Waals surface area contributed by atoms with E-state index in [-0.39, 0.29) is 19.0 Å². The molecule has 1 atom stereocenters. The number of carbonyl (C=O) groups is 2. The van der Waals surface area contributed by atoms with Gasteiger partial charge in [-0.05, 0) is 28.1 Å². The molecule has 1 aromatic rings. The van der Waals surface area contributed by atoms with Crippen LogP contribution >= 0.6 is 15.9 Å². The van der Waals surface area contributed by atoms with Crippen molar-refractivity contribution in [3.05, 3.63) is 22.6 Å². The van der Waals surface area contributed by atoms with Crippen LogP contribution in [0.3, 0.4) is 0 Å². The Morgan fingerprint density at radius 3 is 3.00 bits per heavy atom. The molecule has 1 aromatic heterocycles. The first kappa shape index (κ1) is 12.1. The molecule has 2 N–H and O–H groups in total. The zero-order valence-electron chi connectivity index (χ0n) is 8.85. The molecule has 1 aliphatic heterocycles. The molecule has 0 saturated carbocycles. The molecule has 1 unspecified atom stereocenters. The van der Waals surface area contributed by atoms with Crippen LogP contribution in [0.25, 0.3) is 0 Å². The van der Waals surface area contributed by atoms with E-state index < -0.39 is 12.0 Å². The predicted molar refractivity (Wildman–Crippen MR) is 61.3 cm³/mol. The highest BCUT2D eigenvalue weighted by Crippen LogP contribution is 2.17. The van der Waals surface area contributed by atoms with Crippen molar-refractivity contribution in [2.45, 2.75) is 12.6 Å². The van der Waals surface area contributed by atoms with Crippen molar-refractivity contribution in [2.75, 3.05) is 13.1 Å². The van der Waals surface area contributed by atoms with Gasteiger partial charge < -0.3 is 14.8 Å². The number of carboxylic acids is 1. The summed E-state index contributed by atoms with van der Waals surface area (Å²) in [6.45, 7) is 0.487. The maximum atomic E-state index is 11.3. The van der Waals surface area contributed by atoms with Crippen LogP contribution in [0.4, 0.5) is 0 Å². The lowest BCUT2D eigenvalue weighted by Crippen LogP contribution is -2.56. The van der Waals surface area contributed by atoms with Gasteiger partial charge in [0, 0.05) is 6.54 Å². The maximum Gasteiger partial charge on any atom is 0.322 e. The number of nitrogens with one attached hydrogen (secondary N) is 1. The third-order valence-corrected chi connectivity index (χ3v) is 2.98. The third kappa shape index (κ3) is 2.86. The molecule has 2 heterocycles. The van der Waals surface area contributed by atoms with Crippen LogP contribution < -0.4 is 5.32 Å². The molecule has 0 aromatic carbocycles. The van der Waals surface area contributed by atoms with E-state index in [0.717, 1.165) is 0 Å². The summed E-state index contributed by atoms with van der Waals surface area (Å²) in [6, 6.07) is 2.77. The van der Waals surface area contributed by atoms with E-state index in [0.29, 0.717) is 17.0 Å². The van der Waals surface area contributed by atoms with Gasteiger partial charge in [-0.3, -0.25) is 14.5 Å². The average Bonchev–Trinajstić information content (AvgIpc) is 2.63. The van der Waals surface area contributed by atoms with Crippen molar-refractivity contribution in [2.24, 2.45) is 0 Å². The first-order chi connectivity index (χ1) is 8.06. The first-order valence-electron chi connectivity index (χ1n) is 5.04. The standard InChI is InChI=1S/C10H11BrN2O4/c11-8-2-1-6(17-8)4-13-5-9(14)12-3-7(13)10(15)16/h1-2,7H,3-5H2,(H,12,14)(H,15,16). The Morgan fingerprint density at radius 2 is 2.41 bits per heavy atom. The minimum atomic E-state index is -0.948. The van der Waals surface area contributed by atoms with Gasteiger partial charge in [-0.25, -0.2) is 0 Å². The molecule has 6 nitrogen and oxygen atoms in total. The van der Waals surface area contributed by atoms with Gasteiger partial charge in [-0.2, -0.15) is 0 Å². The molecule has 1 aliphatic rings. The van der Waals surface area contributed by atoms with Crippen LogP contribution in [0.5, 0.6) is 0 Å². The van der Waals surface area contributed by atoms with Crippen LogP contribution in [0.2, 0.25) is 0 Å². The van der Waals surface area contributed by atoms with Gasteiger partial charge in [0.2, 0.25) is 5.91 Å². The Kier molecular flexibility index (Phi) is 3.49. The highest BCUT2D eigenvalue weighted by molar-refractivity contribution is 9.10. The van der Waals surface area contributed by atoms with E-state index in [1.165, 1.54) is 0 Å². The van der Waals surface area contributed by atoms with Gasteiger partial charge in [0.25, 0.3) is 0 Å². The first-order valence-corrected chi connectivity index (χ1v) is 5.83. The number of carbonyl (C=O) groups excluding carboxylic acids is 1. The van der Waals surface area contributed by atoms with E-state index in [1.54, 1.807) is 17.0 Å². The lowest BCUT2D eigenvalue weighted by Gasteiger charge is -2.31. The molecule has 7 heteroatoms. The maximum absolute atomic E-state index is 11.3. The van der Waals surface area contributed by atoms with E-state index in [9.17, 15) is 9.59 Å². The lowest BCUT2D eigenvalue weighted by molar-refractivity contribution is -0.146. The summed E-state index contributed by atoms with van der Waals surface area (Å²) in [5, 5.41) is 11.6. The van der Waals surface area contributed by atoms with Gasteiger partial charge in [0.05, 0.1) is 13.1 Å². The summed E-state index contributed by atoms with van der Waals surface area (Å²) in [6.07, 6.45) is 0. The average molecular weight is 303 g/mol. The number of furan rings is 1. The van der Waals surface area contributed by atoms with Gasteiger partial charge in [0.15, 0.2) is 4.67 Å². The monoisotopic (exact) mass is 302 g/mol. The second-order valence-electron chi connectivity index (χ2n) is 3.77. The van der Waals surface area contributed by atoms with Gasteiger partial charge in [0.1, 0.15) is 11.8 Å². The van der Waals surface area contributed by atoms with Crippen molar-refractivity contribution < 1.29 is 19.1 Å². The summed E-state index contributed by atoms with van der Waals surface area (Å²) in [7, 11) is 0. The van der Waals surface area contributed by atoms with Gasteiger partial charge in [-0.15, -0.1) is 0 Å². The number of rotatable bonds is 3. The van der Waals surface area contributed by atoms with Crippen molar-refractivity contribution in [1.29, 1.82) is 0 Å². The highest BCUT2D eigenvalue weighted by atomic mass is 79.9. The molecule has 2 rings (SSSR count). The molecule has 0 aliphatic carbocycles. The molecule has 1 saturated heterocycles. The predicted octanol–water partition coefficient (Wildman–Crippen LogP) is 0.427. The largest absolute Gasteiger partial charge is 0.480 e. The molecule has 0 bridgehead atoms. The summed E-state index contributed by atoms with van der Waals surface area (Å²) in [5.74, 6) is -0.499. The van der Waals surface area contributed by atoms with E-state index in [2.05, 4.69) is 21.2 Å². The number of nitrogens with zero attached hydrogens (tertiary/aromatic N) is 1. The molecule has 92 valence electrons. The van der Waals surface area contributed by atoms with Crippen LogP contribution in [0.15, 0.2) is 21.2 Å². The number of hydrogen-bond acceptors (Lipinski definition) is 4. The van der Waals surface area contributed by atoms with Gasteiger partial charge in [-0.1, -0.05) is 0 Å². The summed E-state index contributed by atoms with van der Waals surface area (Å²) in [4.78, 5) is 23.9. The Hall–Kier alpha value is -1.34. The second kappa shape index (κ2) is 4.89. The van der Waals surface area contributed by atoms with Crippen molar-refractivity contribution in [3.63, 3.8) is 0 Å². The van der Waals surface area contributed by atoms with E-state index in [1.807, 2.05) is 0 Å². The fourth-order valence-electron chi connectivity index (χ4n) is 1.74. The molecule has 0 radical (unpaired) electrons. The number of hydrogen-bond donors (Lipinski definition) is 2. The Morgan fingerprint density at radius 1 is 1.65 bits per heavy atom. The smallest absolute Gasteiger partial charge is 0.322 e. The fraction of sp³-hybridized carbons (Fsp3) is 0.400. The number of carboxylic acid groups (broad SMARTS) is 1. The molecular formula is C10H11BrN2O4. The van der Waals surface area contributed by atoms with Crippen molar-refractivity contribution >= 4 is 27.8 Å². The molecule has 0 spiro atoms. The van der Waals surface area contributed by atoms with E-state index in [4.69, 9.17) is 9.52 Å². The zero-order chi connectivity index (χ0) is 12.4. The zero-order valence-corrected chi connectivity index (χ0v) is 10.4. The molecule has 1 amide bonds. The third-order valence-electron chi connectivity index (χ3n) is 2.55. The fourth-order valence-corrected chi connectivity index (χ4v) is 2.08. The summed E-state index contributed by atoms with van der Waals surface area (Å²) < 4.78 is 5.88. The van der Waals surface area contributed by atoms with Crippen LogP contribution in [0, 0.1) is 0 Å². The number of halogens is 1. The minimum Gasteiger partial charge on any atom is -0.480 e. The SMILES string of the molecule is O=C1CN(Cc2ccc(Br)o2)C(C(=O)O)CN1. The Labute approximate surface area is 106 Å². The quantitative estimate of drug-likeness (QED) is 0.846. The number of aliphatic carboxylic acids is 1. The number of amides is 1. The Balaban J connectivity index is 2.09. The van der Waals surface area contributed by atoms with Crippen LogP contribution in [-0.4, -0.2) is 41.0 Å². The second-order valence-corrected chi connectivity index (χ2v) is 4.55. The normalized spacial score (nSPS) is 21.2. The molecular weight excluding hydrogens is 292 g/mol. The summed E-state index contributed by atoms with van der Waals surface area (Å²) in [5.41, 5.74) is 0. The van der Waals surface area contributed by atoms with E-state index >= 15 is 0 Å². The minimum absolute atomic E-state index is 0.0648. The Bertz CT molecular complexity index is 445. The highest BCUT2D eigenvalue weighted by Gasteiger charge is 2.32.